The van der Waals surface area contributed by atoms with E-state index in [1.807, 2.05) is 0 Å². The van der Waals surface area contributed by atoms with Crippen LogP contribution in [0.2, 0.25) is 0 Å². The quantitative estimate of drug-likeness (QED) is 0.685. The third-order valence-corrected chi connectivity index (χ3v) is 4.54. The Morgan fingerprint density at radius 1 is 1.19 bits per heavy atom. The van der Waals surface area contributed by atoms with Gasteiger partial charge in [-0.1, -0.05) is 18.2 Å². The maximum Gasteiger partial charge on any atom is 0.264 e. The van der Waals surface area contributed by atoms with Gasteiger partial charge in [0, 0.05) is 23.3 Å². The summed E-state index contributed by atoms with van der Waals surface area (Å²) in [6.07, 6.45) is 2.99. The first kappa shape index (κ1) is 13.6. The normalized spacial score (nSPS) is 11.7. The number of nitrogens with zero attached hydrogens (tertiary/aromatic N) is 1. The van der Waals surface area contributed by atoms with Gasteiger partial charge in [0.05, 0.1) is 12.3 Å². The van der Waals surface area contributed by atoms with E-state index in [0.717, 1.165) is 0 Å². The second-order valence-corrected chi connectivity index (χ2v) is 6.12. The fourth-order valence-electron chi connectivity index (χ4n) is 2.11. The van der Waals surface area contributed by atoms with E-state index in [0.29, 0.717) is 22.3 Å². The molecule has 3 aromatic rings. The van der Waals surface area contributed by atoms with E-state index in [-0.39, 0.29) is 11.5 Å². The molecule has 0 aliphatic carbocycles. The summed E-state index contributed by atoms with van der Waals surface area (Å²) in [4.78, 5) is 7.02. The molecule has 0 atom stereocenters. The lowest BCUT2D eigenvalue weighted by Crippen LogP contribution is -2.13. The second-order valence-electron chi connectivity index (χ2n) is 4.47. The highest BCUT2D eigenvalue weighted by molar-refractivity contribution is 7.93. The predicted molar refractivity (Wildman–Crippen MR) is 79.3 cm³/mol. The van der Waals surface area contributed by atoms with Gasteiger partial charge >= 0.3 is 0 Å². The fourth-order valence-corrected chi connectivity index (χ4v) is 3.38. The Morgan fingerprint density at radius 2 is 2.00 bits per heavy atom. The van der Waals surface area contributed by atoms with Crippen molar-refractivity contribution >= 4 is 26.7 Å². The minimum Gasteiger partial charge on any atom is -0.392 e. The molecular weight excluding hydrogens is 290 g/mol. The van der Waals surface area contributed by atoms with Gasteiger partial charge < -0.3 is 10.1 Å². The first-order valence-corrected chi connectivity index (χ1v) is 7.74. The first-order chi connectivity index (χ1) is 10.1. The largest absolute Gasteiger partial charge is 0.392 e. The number of hydrogen-bond acceptors (Lipinski definition) is 4. The number of nitrogens with one attached hydrogen (secondary N) is 2. The molecule has 0 radical (unpaired) electrons. The zero-order chi connectivity index (χ0) is 14.9. The number of rotatable bonds is 4. The van der Waals surface area contributed by atoms with Crippen molar-refractivity contribution in [2.75, 3.05) is 4.72 Å². The summed E-state index contributed by atoms with van der Waals surface area (Å²) in [6.45, 7) is -0.242. The summed E-state index contributed by atoms with van der Waals surface area (Å²) < 4.78 is 27.5. The van der Waals surface area contributed by atoms with Crippen molar-refractivity contribution in [3.05, 3.63) is 54.4 Å². The number of benzene rings is 1. The molecule has 0 aliphatic heterocycles. The molecule has 0 saturated heterocycles. The van der Waals surface area contributed by atoms with E-state index in [2.05, 4.69) is 14.7 Å². The minimum atomic E-state index is -3.76. The molecule has 2 heterocycles. The van der Waals surface area contributed by atoms with Crippen LogP contribution >= 0.6 is 0 Å². The van der Waals surface area contributed by atoms with Crippen molar-refractivity contribution in [3.63, 3.8) is 0 Å². The summed E-state index contributed by atoms with van der Waals surface area (Å²) >= 11 is 0. The molecule has 0 spiro atoms. The summed E-state index contributed by atoms with van der Waals surface area (Å²) in [7, 11) is -3.76. The summed E-state index contributed by atoms with van der Waals surface area (Å²) in [5, 5.41) is 9.79. The third kappa shape index (κ3) is 2.48. The highest BCUT2D eigenvalue weighted by Gasteiger charge is 2.20. The zero-order valence-electron chi connectivity index (χ0n) is 10.9. The van der Waals surface area contributed by atoms with Crippen LogP contribution in [0.15, 0.2) is 53.7 Å². The molecule has 6 nitrogen and oxygen atoms in total. The van der Waals surface area contributed by atoms with Gasteiger partial charge in [0.25, 0.3) is 10.0 Å². The van der Waals surface area contributed by atoms with Gasteiger partial charge in [0.15, 0.2) is 0 Å². The van der Waals surface area contributed by atoms with Gasteiger partial charge in [-0.2, -0.15) is 0 Å². The molecular formula is C14H13N3O3S. The first-order valence-electron chi connectivity index (χ1n) is 6.25. The minimum absolute atomic E-state index is 0.123. The van der Waals surface area contributed by atoms with Crippen molar-refractivity contribution in [1.29, 1.82) is 0 Å². The SMILES string of the molecule is O=S(=O)(Nc1ccccc1CO)c1c[nH]c2ncccc12. The van der Waals surface area contributed by atoms with E-state index in [9.17, 15) is 13.5 Å². The number of hydrogen-bond donors (Lipinski definition) is 3. The lowest BCUT2D eigenvalue weighted by Gasteiger charge is -2.10. The number of para-hydroxylation sites is 1. The van der Waals surface area contributed by atoms with Crippen molar-refractivity contribution in [1.82, 2.24) is 9.97 Å². The lowest BCUT2D eigenvalue weighted by molar-refractivity contribution is 0.282. The van der Waals surface area contributed by atoms with E-state index >= 15 is 0 Å². The van der Waals surface area contributed by atoms with Gasteiger partial charge in [0.1, 0.15) is 10.5 Å². The molecule has 7 heteroatoms. The molecule has 0 amide bonds. The Kier molecular flexibility index (Phi) is 3.36. The number of aromatic amines is 1. The standard InChI is InChI=1S/C14H13N3O3S/c18-9-10-4-1-2-6-12(10)17-21(19,20)13-8-16-14-11(13)5-3-7-15-14/h1-8,17-18H,9H2,(H,15,16). The third-order valence-electron chi connectivity index (χ3n) is 3.13. The van der Waals surface area contributed by atoms with Crippen molar-refractivity contribution in [2.45, 2.75) is 11.5 Å². The Bertz CT molecular complexity index is 887. The molecule has 108 valence electrons. The van der Waals surface area contributed by atoms with Crippen LogP contribution in [0.1, 0.15) is 5.56 Å². The van der Waals surface area contributed by atoms with E-state index in [4.69, 9.17) is 0 Å². The maximum absolute atomic E-state index is 12.5. The number of aromatic nitrogens is 2. The van der Waals surface area contributed by atoms with Crippen LogP contribution in [0.25, 0.3) is 11.0 Å². The molecule has 3 rings (SSSR count). The fraction of sp³-hybridized carbons (Fsp3) is 0.0714. The van der Waals surface area contributed by atoms with Crippen LogP contribution in [0, 0.1) is 0 Å². The molecule has 0 unspecified atom stereocenters. The smallest absolute Gasteiger partial charge is 0.264 e. The Balaban J connectivity index is 2.05. The average Bonchev–Trinajstić information content (AvgIpc) is 2.92. The van der Waals surface area contributed by atoms with Crippen molar-refractivity contribution in [2.24, 2.45) is 0 Å². The Hall–Kier alpha value is -2.38. The van der Waals surface area contributed by atoms with E-state index in [1.54, 1.807) is 42.6 Å². The van der Waals surface area contributed by atoms with Crippen LogP contribution in [0.3, 0.4) is 0 Å². The number of aliphatic hydroxyl groups excluding tert-OH is 1. The van der Waals surface area contributed by atoms with Gasteiger partial charge in [-0.25, -0.2) is 13.4 Å². The highest BCUT2D eigenvalue weighted by atomic mass is 32.2. The van der Waals surface area contributed by atoms with Crippen LogP contribution in [0.4, 0.5) is 5.69 Å². The summed E-state index contributed by atoms with van der Waals surface area (Å²) in [5.74, 6) is 0. The topological polar surface area (TPSA) is 95.1 Å². The number of H-pyrrole nitrogens is 1. The molecule has 0 saturated carbocycles. The summed E-state index contributed by atoms with van der Waals surface area (Å²) in [5.41, 5.74) is 1.38. The average molecular weight is 303 g/mol. The number of sulfonamides is 1. The predicted octanol–water partition coefficient (Wildman–Crippen LogP) is 1.86. The lowest BCUT2D eigenvalue weighted by atomic mass is 10.2. The van der Waals surface area contributed by atoms with Crippen LogP contribution < -0.4 is 4.72 Å². The van der Waals surface area contributed by atoms with Crippen molar-refractivity contribution < 1.29 is 13.5 Å². The monoisotopic (exact) mass is 303 g/mol. The molecule has 2 aromatic heterocycles. The second kappa shape index (κ2) is 5.19. The Labute approximate surface area is 121 Å². The van der Waals surface area contributed by atoms with Crippen molar-refractivity contribution in [3.8, 4) is 0 Å². The highest BCUT2D eigenvalue weighted by Crippen LogP contribution is 2.24. The molecule has 3 N–H and O–H groups in total. The van der Waals surface area contributed by atoms with Gasteiger partial charge in [-0.05, 0) is 18.2 Å². The molecule has 0 aliphatic rings. The van der Waals surface area contributed by atoms with Crippen LogP contribution in [-0.4, -0.2) is 23.5 Å². The number of fused-ring (bicyclic) bond motifs is 1. The maximum atomic E-state index is 12.5. The molecule has 0 fully saturated rings. The molecule has 1 aromatic carbocycles. The van der Waals surface area contributed by atoms with Gasteiger partial charge in [-0.15, -0.1) is 0 Å². The number of anilines is 1. The van der Waals surface area contributed by atoms with Crippen LogP contribution in [0.5, 0.6) is 0 Å². The molecule has 21 heavy (non-hydrogen) atoms. The number of aliphatic hydroxyl groups is 1. The summed E-state index contributed by atoms with van der Waals surface area (Å²) in [6, 6.07) is 10.1. The number of pyridine rings is 1. The van der Waals surface area contributed by atoms with E-state index < -0.39 is 10.0 Å². The van der Waals surface area contributed by atoms with Gasteiger partial charge in [0.2, 0.25) is 0 Å². The Morgan fingerprint density at radius 3 is 2.81 bits per heavy atom. The zero-order valence-corrected chi connectivity index (χ0v) is 11.8. The van der Waals surface area contributed by atoms with E-state index in [1.165, 1.54) is 6.20 Å². The molecule has 0 bridgehead atoms. The van der Waals surface area contributed by atoms with Gasteiger partial charge in [-0.3, -0.25) is 4.72 Å². The van der Waals surface area contributed by atoms with Crippen LogP contribution in [-0.2, 0) is 16.6 Å².